The van der Waals surface area contributed by atoms with Crippen LogP contribution in [0.4, 0.5) is 14.5 Å². The molecule has 0 radical (unpaired) electrons. The van der Waals surface area contributed by atoms with Crippen LogP contribution in [0.15, 0.2) is 42.5 Å². The van der Waals surface area contributed by atoms with Gasteiger partial charge in [0.2, 0.25) is 0 Å². The summed E-state index contributed by atoms with van der Waals surface area (Å²) in [5.41, 5.74) is 2.55. The maximum atomic E-state index is 13.1. The number of hydrogen-bond donors (Lipinski definition) is 1. The first kappa shape index (κ1) is 18.5. The Kier molecular flexibility index (Phi) is 5.34. The molecule has 0 spiro atoms. The summed E-state index contributed by atoms with van der Waals surface area (Å²) in [7, 11) is 0. The predicted octanol–water partition coefficient (Wildman–Crippen LogP) is 6.27. The molecular formula is C19H15ClF2N2OS. The van der Waals surface area contributed by atoms with Crippen molar-refractivity contribution in [3.8, 4) is 11.1 Å². The van der Waals surface area contributed by atoms with Crippen LogP contribution in [0, 0.1) is 13.8 Å². The van der Waals surface area contributed by atoms with Crippen LogP contribution in [-0.2, 0) is 0 Å². The zero-order valence-corrected chi connectivity index (χ0v) is 15.6. The van der Waals surface area contributed by atoms with Gasteiger partial charge in [0.05, 0.1) is 5.01 Å². The molecule has 0 saturated heterocycles. The molecule has 3 aromatic rings. The fourth-order valence-corrected chi connectivity index (χ4v) is 3.54. The van der Waals surface area contributed by atoms with E-state index in [1.54, 1.807) is 19.1 Å². The molecule has 0 unspecified atom stereocenters. The number of benzene rings is 2. The molecule has 134 valence electrons. The first-order chi connectivity index (χ1) is 12.4. The minimum atomic E-state index is -2.80. The molecule has 0 bridgehead atoms. The van der Waals surface area contributed by atoms with E-state index in [0.29, 0.717) is 15.7 Å². The molecule has 1 aromatic heterocycles. The Morgan fingerprint density at radius 3 is 2.62 bits per heavy atom. The van der Waals surface area contributed by atoms with E-state index in [0.717, 1.165) is 28.0 Å². The number of thiazole rings is 1. The summed E-state index contributed by atoms with van der Waals surface area (Å²) in [5.74, 6) is -0.600. The monoisotopic (exact) mass is 392 g/mol. The molecule has 26 heavy (non-hydrogen) atoms. The smallest absolute Gasteiger partial charge is 0.282 e. The quantitative estimate of drug-likeness (QED) is 0.568. The van der Waals surface area contributed by atoms with E-state index in [2.05, 4.69) is 10.3 Å². The van der Waals surface area contributed by atoms with Gasteiger partial charge in [0.15, 0.2) is 0 Å². The van der Waals surface area contributed by atoms with Crippen molar-refractivity contribution in [1.29, 1.82) is 0 Å². The third-order valence-electron chi connectivity index (χ3n) is 3.83. The highest BCUT2D eigenvalue weighted by Crippen LogP contribution is 2.33. The van der Waals surface area contributed by atoms with Crippen LogP contribution >= 0.6 is 22.9 Å². The van der Waals surface area contributed by atoms with Crippen molar-refractivity contribution in [2.75, 3.05) is 5.32 Å². The number of halogens is 3. The molecule has 0 aliphatic heterocycles. The van der Waals surface area contributed by atoms with Gasteiger partial charge in [-0.2, -0.15) is 0 Å². The van der Waals surface area contributed by atoms with Crippen LogP contribution in [-0.4, -0.2) is 10.9 Å². The molecule has 7 heteroatoms. The van der Waals surface area contributed by atoms with Crippen LogP contribution < -0.4 is 5.32 Å². The van der Waals surface area contributed by atoms with Gasteiger partial charge in [-0.05, 0) is 37.1 Å². The van der Waals surface area contributed by atoms with Gasteiger partial charge in [0, 0.05) is 16.3 Å². The third kappa shape index (κ3) is 3.76. The van der Waals surface area contributed by atoms with Crippen molar-refractivity contribution in [2.45, 2.75) is 20.3 Å². The van der Waals surface area contributed by atoms with Crippen molar-refractivity contribution in [2.24, 2.45) is 0 Å². The number of carbonyl (C=O) groups excluding carboxylic acids is 1. The number of para-hydroxylation sites is 1. The van der Waals surface area contributed by atoms with Crippen molar-refractivity contribution >= 4 is 34.5 Å². The fourth-order valence-electron chi connectivity index (χ4n) is 2.54. The average Bonchev–Trinajstić information content (AvgIpc) is 3.00. The Labute approximate surface area is 158 Å². The summed E-state index contributed by atoms with van der Waals surface area (Å²) in [6.45, 7) is 3.49. The summed E-state index contributed by atoms with van der Waals surface area (Å²) in [6, 6.07) is 12.7. The van der Waals surface area contributed by atoms with Gasteiger partial charge < -0.3 is 5.32 Å². The second-order valence-corrected chi connectivity index (χ2v) is 7.32. The fraction of sp³-hybridized carbons (Fsp3) is 0.158. The van der Waals surface area contributed by atoms with E-state index in [4.69, 9.17) is 11.6 Å². The Hall–Kier alpha value is -2.31. The van der Waals surface area contributed by atoms with Crippen LogP contribution in [0.1, 0.15) is 32.4 Å². The molecule has 1 amide bonds. The van der Waals surface area contributed by atoms with Gasteiger partial charge in [0.1, 0.15) is 10.6 Å². The Bertz CT molecular complexity index is 972. The van der Waals surface area contributed by atoms with Crippen LogP contribution in [0.2, 0.25) is 5.02 Å². The minimum absolute atomic E-state index is 0.0748. The molecule has 0 aliphatic carbocycles. The molecule has 0 atom stereocenters. The molecule has 2 aromatic carbocycles. The van der Waals surface area contributed by atoms with Crippen molar-refractivity contribution < 1.29 is 13.6 Å². The van der Waals surface area contributed by atoms with Gasteiger partial charge in [-0.1, -0.05) is 41.9 Å². The SMILES string of the molecule is Cc1nc(C(F)F)c(C(=O)Nc2ccccc2-c2ccc(C)c(Cl)c2)s1. The van der Waals surface area contributed by atoms with Crippen LogP contribution in [0.25, 0.3) is 11.1 Å². The lowest BCUT2D eigenvalue weighted by Crippen LogP contribution is -2.13. The molecule has 3 nitrogen and oxygen atoms in total. The van der Waals surface area contributed by atoms with Crippen molar-refractivity contribution in [1.82, 2.24) is 4.98 Å². The number of anilines is 1. The lowest BCUT2D eigenvalue weighted by molar-refractivity contribution is 0.101. The van der Waals surface area contributed by atoms with E-state index in [9.17, 15) is 13.6 Å². The molecule has 0 fully saturated rings. The number of nitrogens with zero attached hydrogens (tertiary/aromatic N) is 1. The third-order valence-corrected chi connectivity index (χ3v) is 5.22. The Morgan fingerprint density at radius 2 is 1.92 bits per heavy atom. The normalized spacial score (nSPS) is 11.0. The van der Waals surface area contributed by atoms with E-state index in [1.807, 2.05) is 37.3 Å². The van der Waals surface area contributed by atoms with Gasteiger partial charge in [-0.15, -0.1) is 11.3 Å². The number of hydrogen-bond acceptors (Lipinski definition) is 3. The second kappa shape index (κ2) is 7.51. The minimum Gasteiger partial charge on any atom is -0.321 e. The average molecular weight is 393 g/mol. The lowest BCUT2D eigenvalue weighted by Gasteiger charge is -2.12. The zero-order valence-electron chi connectivity index (χ0n) is 14.0. The summed E-state index contributed by atoms with van der Waals surface area (Å²) in [6.07, 6.45) is -2.80. The molecule has 1 N–H and O–H groups in total. The molecule has 0 saturated carbocycles. The van der Waals surface area contributed by atoms with E-state index >= 15 is 0 Å². The number of nitrogens with one attached hydrogen (secondary N) is 1. The highest BCUT2D eigenvalue weighted by Gasteiger charge is 2.24. The second-order valence-electron chi connectivity index (χ2n) is 5.71. The number of carbonyl (C=O) groups is 1. The molecule has 3 rings (SSSR count). The van der Waals surface area contributed by atoms with Gasteiger partial charge in [-0.3, -0.25) is 4.79 Å². The first-order valence-electron chi connectivity index (χ1n) is 7.79. The number of aromatic nitrogens is 1. The summed E-state index contributed by atoms with van der Waals surface area (Å²) in [4.78, 5) is 16.2. The Morgan fingerprint density at radius 1 is 1.19 bits per heavy atom. The summed E-state index contributed by atoms with van der Waals surface area (Å²) >= 11 is 7.15. The lowest BCUT2D eigenvalue weighted by atomic mass is 10.0. The largest absolute Gasteiger partial charge is 0.321 e. The van der Waals surface area contributed by atoms with E-state index in [-0.39, 0.29) is 4.88 Å². The topological polar surface area (TPSA) is 42.0 Å². The van der Waals surface area contributed by atoms with Crippen molar-refractivity contribution in [3.05, 3.63) is 68.6 Å². The Balaban J connectivity index is 1.96. The maximum absolute atomic E-state index is 13.1. The standard InChI is InChI=1S/C19H15ClF2N2OS/c1-10-7-8-12(9-14(10)20)13-5-3-4-6-15(13)24-19(25)17-16(18(21)22)23-11(2)26-17/h3-9,18H,1-2H3,(H,24,25). The van der Waals surface area contributed by atoms with Crippen molar-refractivity contribution in [3.63, 3.8) is 0 Å². The number of rotatable bonds is 4. The highest BCUT2D eigenvalue weighted by atomic mass is 35.5. The summed E-state index contributed by atoms with van der Waals surface area (Å²) < 4.78 is 26.2. The van der Waals surface area contributed by atoms with Gasteiger partial charge in [-0.25, -0.2) is 13.8 Å². The maximum Gasteiger partial charge on any atom is 0.282 e. The van der Waals surface area contributed by atoms with E-state index < -0.39 is 18.0 Å². The predicted molar refractivity (Wildman–Crippen MR) is 101 cm³/mol. The summed E-state index contributed by atoms with van der Waals surface area (Å²) in [5, 5.41) is 3.76. The number of amides is 1. The van der Waals surface area contributed by atoms with Crippen LogP contribution in [0.3, 0.4) is 0 Å². The first-order valence-corrected chi connectivity index (χ1v) is 8.98. The van der Waals surface area contributed by atoms with Gasteiger partial charge in [0.25, 0.3) is 12.3 Å². The molecule has 1 heterocycles. The zero-order chi connectivity index (χ0) is 18.8. The number of alkyl halides is 2. The van der Waals surface area contributed by atoms with E-state index in [1.165, 1.54) is 0 Å². The van der Waals surface area contributed by atoms with Gasteiger partial charge >= 0.3 is 0 Å². The molecular weight excluding hydrogens is 378 g/mol. The number of aryl methyl sites for hydroxylation is 2. The molecule has 0 aliphatic rings. The van der Waals surface area contributed by atoms with Crippen LogP contribution in [0.5, 0.6) is 0 Å². The highest BCUT2D eigenvalue weighted by molar-refractivity contribution is 7.13.